The van der Waals surface area contributed by atoms with Crippen molar-refractivity contribution in [2.75, 3.05) is 4.90 Å². The first kappa shape index (κ1) is 11.9. The van der Waals surface area contributed by atoms with E-state index in [4.69, 9.17) is 5.73 Å². The molecule has 3 heterocycles. The fourth-order valence-corrected chi connectivity index (χ4v) is 3.34. The quantitative estimate of drug-likeness (QED) is 0.833. The molecular formula is C14H21N3O. The van der Waals surface area contributed by atoms with Gasteiger partial charge < -0.3 is 15.7 Å². The van der Waals surface area contributed by atoms with Crippen LogP contribution in [0.2, 0.25) is 0 Å². The van der Waals surface area contributed by atoms with Gasteiger partial charge in [0.05, 0.1) is 6.10 Å². The molecule has 4 nitrogen and oxygen atoms in total. The molecule has 0 saturated carbocycles. The Morgan fingerprint density at radius 3 is 2.50 bits per heavy atom. The summed E-state index contributed by atoms with van der Waals surface area (Å²) in [5.41, 5.74) is 6.91. The van der Waals surface area contributed by atoms with Crippen molar-refractivity contribution in [3.8, 4) is 0 Å². The van der Waals surface area contributed by atoms with E-state index in [1.165, 1.54) is 12.8 Å². The van der Waals surface area contributed by atoms with Crippen molar-refractivity contribution in [1.29, 1.82) is 0 Å². The molecule has 0 amide bonds. The van der Waals surface area contributed by atoms with Gasteiger partial charge in [0, 0.05) is 24.3 Å². The van der Waals surface area contributed by atoms with Crippen LogP contribution in [-0.4, -0.2) is 28.3 Å². The van der Waals surface area contributed by atoms with Crippen LogP contribution in [0.4, 0.5) is 5.82 Å². The van der Waals surface area contributed by atoms with Crippen molar-refractivity contribution in [1.82, 2.24) is 4.98 Å². The molecule has 3 rings (SSSR count). The predicted molar refractivity (Wildman–Crippen MR) is 71.4 cm³/mol. The smallest absolute Gasteiger partial charge is 0.128 e. The second-order valence-electron chi connectivity index (χ2n) is 5.66. The summed E-state index contributed by atoms with van der Waals surface area (Å²) in [7, 11) is 0. The molecule has 4 heteroatoms. The molecule has 2 bridgehead atoms. The van der Waals surface area contributed by atoms with Crippen LogP contribution in [0.25, 0.3) is 0 Å². The van der Waals surface area contributed by atoms with E-state index in [9.17, 15) is 5.11 Å². The third-order valence-corrected chi connectivity index (χ3v) is 4.27. The number of piperidine rings is 1. The van der Waals surface area contributed by atoms with Crippen molar-refractivity contribution >= 4 is 5.82 Å². The lowest BCUT2D eigenvalue weighted by atomic mass is 10.00. The summed E-state index contributed by atoms with van der Waals surface area (Å²) in [6, 6.07) is 5.10. The second-order valence-corrected chi connectivity index (χ2v) is 5.66. The highest BCUT2D eigenvalue weighted by Crippen LogP contribution is 2.38. The summed E-state index contributed by atoms with van der Waals surface area (Å²) in [4.78, 5) is 6.95. The number of hydrogen-bond donors (Lipinski definition) is 2. The fourth-order valence-electron chi connectivity index (χ4n) is 3.34. The zero-order valence-electron chi connectivity index (χ0n) is 10.8. The number of aliphatic hydroxyl groups is 1. The van der Waals surface area contributed by atoms with Crippen LogP contribution >= 0.6 is 0 Å². The number of rotatable bonds is 2. The monoisotopic (exact) mass is 247 g/mol. The van der Waals surface area contributed by atoms with Gasteiger partial charge in [0.25, 0.3) is 0 Å². The highest BCUT2D eigenvalue weighted by Gasteiger charge is 2.40. The zero-order valence-corrected chi connectivity index (χ0v) is 10.8. The standard InChI is InChI=1S/C14H21N3O/c1-9(15)10-2-5-14(16-8-10)17-11-3-4-12(17)7-13(18)6-11/h2,5,8-9,11-13,18H,3-4,6-7,15H2,1H3/t9-,11?,12?,13?/m0/s1. The van der Waals surface area contributed by atoms with E-state index in [0.717, 1.165) is 24.2 Å². The molecule has 2 aliphatic rings. The summed E-state index contributed by atoms with van der Waals surface area (Å²) in [6.07, 6.45) is 5.88. The van der Waals surface area contributed by atoms with E-state index in [1.54, 1.807) is 0 Å². The number of anilines is 1. The third-order valence-electron chi connectivity index (χ3n) is 4.27. The van der Waals surface area contributed by atoms with Gasteiger partial charge >= 0.3 is 0 Å². The molecule has 2 saturated heterocycles. The van der Waals surface area contributed by atoms with Crippen LogP contribution in [0.1, 0.15) is 44.2 Å². The Labute approximate surface area is 108 Å². The normalized spacial score (nSPS) is 32.6. The van der Waals surface area contributed by atoms with E-state index in [2.05, 4.69) is 22.0 Å². The topological polar surface area (TPSA) is 62.4 Å². The minimum Gasteiger partial charge on any atom is -0.393 e. The van der Waals surface area contributed by atoms with E-state index >= 15 is 0 Å². The summed E-state index contributed by atoms with van der Waals surface area (Å²) >= 11 is 0. The van der Waals surface area contributed by atoms with Gasteiger partial charge in [0.2, 0.25) is 0 Å². The van der Waals surface area contributed by atoms with Crippen molar-refractivity contribution in [3.63, 3.8) is 0 Å². The first-order valence-electron chi connectivity index (χ1n) is 6.83. The Kier molecular flexibility index (Phi) is 2.99. The lowest BCUT2D eigenvalue weighted by Gasteiger charge is -2.38. The van der Waals surface area contributed by atoms with Crippen LogP contribution in [0, 0.1) is 0 Å². The molecule has 0 spiro atoms. The van der Waals surface area contributed by atoms with Gasteiger partial charge in [-0.2, -0.15) is 0 Å². The van der Waals surface area contributed by atoms with Crippen LogP contribution in [-0.2, 0) is 0 Å². The number of nitrogens with two attached hydrogens (primary N) is 1. The van der Waals surface area contributed by atoms with E-state index < -0.39 is 0 Å². The number of nitrogens with zero attached hydrogens (tertiary/aromatic N) is 2. The van der Waals surface area contributed by atoms with Gasteiger partial charge in [0.15, 0.2) is 0 Å². The summed E-state index contributed by atoms with van der Waals surface area (Å²) in [6.45, 7) is 1.97. The van der Waals surface area contributed by atoms with Crippen LogP contribution < -0.4 is 10.6 Å². The van der Waals surface area contributed by atoms with E-state index in [1.807, 2.05) is 13.1 Å². The Bertz CT molecular complexity index is 404. The van der Waals surface area contributed by atoms with E-state index in [-0.39, 0.29) is 12.1 Å². The number of aromatic nitrogens is 1. The Morgan fingerprint density at radius 2 is 2.00 bits per heavy atom. The lowest BCUT2D eigenvalue weighted by molar-refractivity contribution is 0.126. The zero-order chi connectivity index (χ0) is 12.7. The minimum atomic E-state index is -0.123. The first-order chi connectivity index (χ1) is 8.65. The molecule has 98 valence electrons. The lowest BCUT2D eigenvalue weighted by Crippen LogP contribution is -2.45. The largest absolute Gasteiger partial charge is 0.393 e. The van der Waals surface area contributed by atoms with Crippen LogP contribution in [0.15, 0.2) is 18.3 Å². The molecule has 0 aromatic carbocycles. The highest BCUT2D eigenvalue weighted by atomic mass is 16.3. The van der Waals surface area contributed by atoms with Crippen molar-refractivity contribution in [2.45, 2.75) is 56.8 Å². The predicted octanol–water partition coefficient (Wildman–Crippen LogP) is 1.59. The van der Waals surface area contributed by atoms with E-state index in [0.29, 0.717) is 12.1 Å². The molecule has 0 radical (unpaired) electrons. The number of hydrogen-bond acceptors (Lipinski definition) is 4. The molecule has 18 heavy (non-hydrogen) atoms. The number of aliphatic hydroxyl groups excluding tert-OH is 1. The molecule has 0 aliphatic carbocycles. The first-order valence-corrected chi connectivity index (χ1v) is 6.83. The average molecular weight is 247 g/mol. The average Bonchev–Trinajstić information content (AvgIpc) is 2.62. The summed E-state index contributed by atoms with van der Waals surface area (Å²) in [5.74, 6) is 1.04. The van der Waals surface area contributed by atoms with Gasteiger partial charge in [0.1, 0.15) is 5.82 Å². The van der Waals surface area contributed by atoms with Crippen molar-refractivity contribution in [3.05, 3.63) is 23.9 Å². The Hall–Kier alpha value is -1.13. The molecular weight excluding hydrogens is 226 g/mol. The Morgan fingerprint density at radius 1 is 1.33 bits per heavy atom. The van der Waals surface area contributed by atoms with Crippen LogP contribution in [0.3, 0.4) is 0 Å². The second kappa shape index (κ2) is 4.52. The summed E-state index contributed by atoms with van der Waals surface area (Å²) < 4.78 is 0. The number of fused-ring (bicyclic) bond motifs is 2. The van der Waals surface area contributed by atoms with Gasteiger partial charge in [-0.25, -0.2) is 4.98 Å². The van der Waals surface area contributed by atoms with Crippen molar-refractivity contribution < 1.29 is 5.11 Å². The Balaban J connectivity index is 1.83. The van der Waals surface area contributed by atoms with Gasteiger partial charge in [-0.15, -0.1) is 0 Å². The van der Waals surface area contributed by atoms with Gasteiger partial charge in [-0.05, 0) is 44.2 Å². The third kappa shape index (κ3) is 1.99. The molecule has 1 aromatic rings. The van der Waals surface area contributed by atoms with Crippen molar-refractivity contribution in [2.24, 2.45) is 5.73 Å². The minimum absolute atomic E-state index is 0.0337. The number of pyridine rings is 1. The van der Waals surface area contributed by atoms with Gasteiger partial charge in [-0.1, -0.05) is 6.07 Å². The summed E-state index contributed by atoms with van der Waals surface area (Å²) in [5, 5.41) is 9.81. The fraction of sp³-hybridized carbons (Fsp3) is 0.643. The maximum atomic E-state index is 9.81. The maximum absolute atomic E-state index is 9.81. The van der Waals surface area contributed by atoms with Crippen LogP contribution in [0.5, 0.6) is 0 Å². The molecule has 2 aliphatic heterocycles. The highest BCUT2D eigenvalue weighted by molar-refractivity contribution is 5.44. The molecule has 3 atom stereocenters. The molecule has 2 fully saturated rings. The molecule has 3 N–H and O–H groups in total. The molecule has 2 unspecified atom stereocenters. The van der Waals surface area contributed by atoms with Gasteiger partial charge in [-0.3, -0.25) is 0 Å². The maximum Gasteiger partial charge on any atom is 0.128 e. The SMILES string of the molecule is C[C@H](N)c1ccc(N2C3CCC2CC(O)C3)nc1. The molecule has 1 aromatic heterocycles.